The summed E-state index contributed by atoms with van der Waals surface area (Å²) >= 11 is 0. The normalized spacial score (nSPS) is 25.9. The summed E-state index contributed by atoms with van der Waals surface area (Å²) in [6.07, 6.45) is 1.91. The van der Waals surface area contributed by atoms with E-state index in [4.69, 9.17) is 15.6 Å². The third-order valence-electron chi connectivity index (χ3n) is 4.51. The molecule has 1 fully saturated rings. The van der Waals surface area contributed by atoms with Gasteiger partial charge in [-0.25, -0.2) is 0 Å². The second-order valence-electron chi connectivity index (χ2n) is 7.23. The second-order valence-corrected chi connectivity index (χ2v) is 7.23. The number of nitrogens with two attached hydrogens (primary N) is 1. The van der Waals surface area contributed by atoms with Crippen molar-refractivity contribution in [2.24, 2.45) is 5.73 Å². The molecular formula is C16H29N3O. The number of nitrogens with zero attached hydrogens (tertiary/aromatic N) is 2. The van der Waals surface area contributed by atoms with E-state index in [0.29, 0.717) is 0 Å². The molecule has 0 spiro atoms. The average Bonchev–Trinajstić information content (AvgIpc) is 2.70. The third-order valence-corrected chi connectivity index (χ3v) is 4.51. The largest absolute Gasteiger partial charge is 0.367 e. The molecule has 0 aromatic carbocycles. The summed E-state index contributed by atoms with van der Waals surface area (Å²) < 4.78 is 8.35. The first-order valence-corrected chi connectivity index (χ1v) is 7.60. The summed E-state index contributed by atoms with van der Waals surface area (Å²) in [6, 6.07) is 0.330. The minimum absolute atomic E-state index is 0.0715. The van der Waals surface area contributed by atoms with E-state index in [0.717, 1.165) is 18.5 Å². The highest BCUT2D eigenvalue weighted by molar-refractivity contribution is 5.29. The Bertz CT molecular complexity index is 502. The number of hydrogen-bond donors (Lipinski definition) is 1. The molecule has 0 radical (unpaired) electrons. The maximum atomic E-state index is 6.24. The van der Waals surface area contributed by atoms with Crippen LogP contribution >= 0.6 is 0 Å². The van der Waals surface area contributed by atoms with E-state index in [1.165, 1.54) is 11.3 Å². The van der Waals surface area contributed by atoms with Crippen LogP contribution < -0.4 is 5.73 Å². The van der Waals surface area contributed by atoms with E-state index < -0.39 is 0 Å². The van der Waals surface area contributed by atoms with Gasteiger partial charge in [-0.05, 0) is 48.0 Å². The first-order chi connectivity index (χ1) is 9.09. The minimum Gasteiger partial charge on any atom is -0.367 e. The molecule has 20 heavy (non-hydrogen) atoms. The Hall–Kier alpha value is -0.870. The summed E-state index contributed by atoms with van der Waals surface area (Å²) in [5.74, 6) is 0. The molecule has 0 amide bonds. The fourth-order valence-electron chi connectivity index (χ4n) is 3.63. The Morgan fingerprint density at radius 3 is 2.40 bits per heavy atom. The lowest BCUT2D eigenvalue weighted by atomic mass is 9.94. The number of aromatic nitrogens is 2. The number of ether oxygens (including phenoxy) is 1. The van der Waals surface area contributed by atoms with Crippen LogP contribution in [0.3, 0.4) is 0 Å². The Labute approximate surface area is 122 Å². The molecule has 1 aromatic heterocycles. The Kier molecular flexibility index (Phi) is 3.76. The molecule has 0 aliphatic carbocycles. The van der Waals surface area contributed by atoms with Gasteiger partial charge in [0.25, 0.3) is 0 Å². The second kappa shape index (κ2) is 4.85. The summed E-state index contributed by atoms with van der Waals surface area (Å²) in [5.41, 5.74) is 9.38. The minimum atomic E-state index is -0.208. The maximum absolute atomic E-state index is 6.24. The molecule has 1 saturated heterocycles. The van der Waals surface area contributed by atoms with Crippen LogP contribution in [0.25, 0.3) is 0 Å². The van der Waals surface area contributed by atoms with Crippen LogP contribution in [-0.4, -0.2) is 21.0 Å². The first kappa shape index (κ1) is 15.5. The van der Waals surface area contributed by atoms with Crippen molar-refractivity contribution in [1.29, 1.82) is 0 Å². The van der Waals surface area contributed by atoms with Gasteiger partial charge in [0.15, 0.2) is 0 Å². The van der Waals surface area contributed by atoms with Crippen LogP contribution in [0.1, 0.15) is 76.5 Å². The van der Waals surface area contributed by atoms with Crippen molar-refractivity contribution in [3.63, 3.8) is 0 Å². The highest BCUT2D eigenvalue weighted by Gasteiger charge is 2.48. The fraction of sp³-hybridized carbons (Fsp3) is 0.812. The van der Waals surface area contributed by atoms with Crippen molar-refractivity contribution in [2.45, 2.75) is 84.6 Å². The molecule has 1 aromatic rings. The SMILES string of the molecule is CCC(N)c1c(C)nn(C2CC(C)(C)OC2(C)C)c1C. The zero-order valence-corrected chi connectivity index (χ0v) is 13.9. The highest BCUT2D eigenvalue weighted by atomic mass is 16.5. The predicted molar refractivity (Wildman–Crippen MR) is 81.8 cm³/mol. The molecule has 2 atom stereocenters. The maximum Gasteiger partial charge on any atom is 0.0858 e. The topological polar surface area (TPSA) is 53.1 Å². The van der Waals surface area contributed by atoms with Gasteiger partial charge in [-0.2, -0.15) is 5.10 Å². The lowest BCUT2D eigenvalue weighted by Gasteiger charge is -2.28. The molecule has 1 aliphatic rings. The fourth-order valence-corrected chi connectivity index (χ4v) is 3.63. The highest BCUT2D eigenvalue weighted by Crippen LogP contribution is 2.45. The monoisotopic (exact) mass is 279 g/mol. The van der Waals surface area contributed by atoms with Gasteiger partial charge >= 0.3 is 0 Å². The number of rotatable bonds is 3. The summed E-state index contributed by atoms with van der Waals surface area (Å²) in [5, 5.41) is 4.78. The summed E-state index contributed by atoms with van der Waals surface area (Å²) in [6.45, 7) is 14.9. The van der Waals surface area contributed by atoms with E-state index in [1.807, 2.05) is 0 Å². The molecule has 2 rings (SSSR count). The van der Waals surface area contributed by atoms with Gasteiger partial charge in [-0.3, -0.25) is 4.68 Å². The average molecular weight is 279 g/mol. The van der Waals surface area contributed by atoms with E-state index in [1.54, 1.807) is 0 Å². The van der Waals surface area contributed by atoms with E-state index >= 15 is 0 Å². The smallest absolute Gasteiger partial charge is 0.0858 e. The molecule has 0 saturated carbocycles. The van der Waals surface area contributed by atoms with Crippen LogP contribution in [0, 0.1) is 13.8 Å². The van der Waals surface area contributed by atoms with Gasteiger partial charge in [0, 0.05) is 23.7 Å². The van der Waals surface area contributed by atoms with Gasteiger partial charge in [0.1, 0.15) is 0 Å². The van der Waals surface area contributed by atoms with E-state index in [9.17, 15) is 0 Å². The molecular weight excluding hydrogens is 250 g/mol. The molecule has 4 heteroatoms. The van der Waals surface area contributed by atoms with Crippen LogP contribution in [0.5, 0.6) is 0 Å². The Morgan fingerprint density at radius 1 is 1.35 bits per heavy atom. The van der Waals surface area contributed by atoms with E-state index in [-0.39, 0.29) is 23.3 Å². The molecule has 2 N–H and O–H groups in total. The zero-order valence-electron chi connectivity index (χ0n) is 13.9. The lowest BCUT2D eigenvalue weighted by Crippen LogP contribution is -2.32. The van der Waals surface area contributed by atoms with Gasteiger partial charge in [0.2, 0.25) is 0 Å². The standard InChI is InChI=1S/C16H29N3O/c1-8-12(17)14-10(2)18-19(11(14)3)13-9-15(4,5)20-16(13,6)7/h12-13H,8-9,17H2,1-7H3. The molecule has 2 unspecified atom stereocenters. The molecule has 4 nitrogen and oxygen atoms in total. The molecule has 1 aliphatic heterocycles. The quantitative estimate of drug-likeness (QED) is 0.922. The Morgan fingerprint density at radius 2 is 1.95 bits per heavy atom. The number of aryl methyl sites for hydroxylation is 1. The Balaban J connectivity index is 2.44. The van der Waals surface area contributed by atoms with Gasteiger partial charge in [-0.15, -0.1) is 0 Å². The van der Waals surface area contributed by atoms with Gasteiger partial charge in [0.05, 0.1) is 22.9 Å². The predicted octanol–water partition coefficient (Wildman–Crippen LogP) is 3.43. The molecule has 114 valence electrons. The van der Waals surface area contributed by atoms with Crippen molar-refractivity contribution < 1.29 is 4.74 Å². The van der Waals surface area contributed by atoms with Crippen LogP contribution in [0.2, 0.25) is 0 Å². The summed E-state index contributed by atoms with van der Waals surface area (Å²) in [4.78, 5) is 0. The van der Waals surface area contributed by atoms with Gasteiger partial charge in [-0.1, -0.05) is 6.92 Å². The lowest BCUT2D eigenvalue weighted by molar-refractivity contribution is -0.0739. The van der Waals surface area contributed by atoms with E-state index in [2.05, 4.69) is 53.1 Å². The van der Waals surface area contributed by atoms with Crippen LogP contribution in [0.4, 0.5) is 0 Å². The van der Waals surface area contributed by atoms with Crippen LogP contribution in [-0.2, 0) is 4.74 Å². The molecule has 0 bridgehead atoms. The van der Waals surface area contributed by atoms with Gasteiger partial charge < -0.3 is 10.5 Å². The third kappa shape index (κ3) is 2.51. The summed E-state index contributed by atoms with van der Waals surface area (Å²) in [7, 11) is 0. The first-order valence-electron chi connectivity index (χ1n) is 7.60. The van der Waals surface area contributed by atoms with Crippen molar-refractivity contribution in [1.82, 2.24) is 9.78 Å². The van der Waals surface area contributed by atoms with Crippen molar-refractivity contribution in [2.75, 3.05) is 0 Å². The number of hydrogen-bond acceptors (Lipinski definition) is 3. The van der Waals surface area contributed by atoms with Crippen molar-refractivity contribution in [3.8, 4) is 0 Å². The van der Waals surface area contributed by atoms with Crippen LogP contribution in [0.15, 0.2) is 0 Å². The van der Waals surface area contributed by atoms with Crippen molar-refractivity contribution >= 4 is 0 Å². The molecule has 2 heterocycles. The van der Waals surface area contributed by atoms with Crippen molar-refractivity contribution in [3.05, 3.63) is 17.0 Å². The zero-order chi connectivity index (χ0) is 15.3.